The molecule has 1 saturated carbocycles. The van der Waals surface area contributed by atoms with Gasteiger partial charge < -0.3 is 9.84 Å². The summed E-state index contributed by atoms with van der Waals surface area (Å²) in [5, 5.41) is 9.98. The third-order valence-electron chi connectivity index (χ3n) is 4.51. The van der Waals surface area contributed by atoms with Crippen molar-refractivity contribution in [3.05, 3.63) is 0 Å². The van der Waals surface area contributed by atoms with E-state index in [0.717, 1.165) is 32.1 Å². The Morgan fingerprint density at radius 1 is 1.13 bits per heavy atom. The van der Waals surface area contributed by atoms with Crippen LogP contribution in [0.5, 0.6) is 0 Å². The van der Waals surface area contributed by atoms with Crippen molar-refractivity contribution in [2.75, 3.05) is 26.3 Å². The second kappa shape index (κ2) is 4.04. The highest BCUT2D eigenvalue weighted by Gasteiger charge is 2.41. The van der Waals surface area contributed by atoms with Gasteiger partial charge in [0.2, 0.25) is 0 Å². The maximum atomic E-state index is 9.98. The van der Waals surface area contributed by atoms with Crippen LogP contribution in [0.4, 0.5) is 0 Å². The lowest BCUT2D eigenvalue weighted by Crippen LogP contribution is -2.35. The van der Waals surface area contributed by atoms with E-state index in [1.807, 2.05) is 0 Å². The first-order valence-corrected chi connectivity index (χ1v) is 6.34. The highest BCUT2D eigenvalue weighted by molar-refractivity contribution is 4.94. The molecule has 1 aliphatic carbocycles. The van der Waals surface area contributed by atoms with Crippen LogP contribution in [-0.4, -0.2) is 48.5 Å². The minimum atomic E-state index is -0.0314. The van der Waals surface area contributed by atoms with E-state index in [2.05, 4.69) is 4.90 Å². The van der Waals surface area contributed by atoms with Gasteiger partial charge >= 0.3 is 0 Å². The van der Waals surface area contributed by atoms with Crippen LogP contribution in [0.2, 0.25) is 0 Å². The molecule has 0 aromatic heterocycles. The van der Waals surface area contributed by atoms with Gasteiger partial charge in [-0.15, -0.1) is 0 Å². The highest BCUT2D eigenvalue weighted by Crippen LogP contribution is 2.37. The Hall–Kier alpha value is -0.120. The molecule has 0 aromatic rings. The third kappa shape index (κ3) is 1.81. The second-order valence-electron chi connectivity index (χ2n) is 5.39. The van der Waals surface area contributed by atoms with Gasteiger partial charge in [0.1, 0.15) is 0 Å². The van der Waals surface area contributed by atoms with Crippen LogP contribution in [0.15, 0.2) is 0 Å². The number of hydrogen-bond acceptors (Lipinski definition) is 3. The number of hydrogen-bond donors (Lipinski definition) is 1. The SMILES string of the molecule is OC1CCC[C@@H]2CN(C3CCOC3)C[C@H]12. The minimum Gasteiger partial charge on any atom is -0.393 e. The van der Waals surface area contributed by atoms with Gasteiger partial charge in [0.15, 0.2) is 0 Å². The van der Waals surface area contributed by atoms with Crippen molar-refractivity contribution in [1.29, 1.82) is 0 Å². The standard InChI is InChI=1S/C12H21NO2/c14-12-3-1-2-9-6-13(7-11(9)12)10-4-5-15-8-10/h9-12,14H,1-8H2/t9-,10?,11+,12?/m1/s1. The molecule has 0 radical (unpaired) electrons. The van der Waals surface area contributed by atoms with Gasteiger partial charge in [-0.3, -0.25) is 4.90 Å². The molecule has 0 amide bonds. The topological polar surface area (TPSA) is 32.7 Å². The van der Waals surface area contributed by atoms with Crippen LogP contribution in [0.3, 0.4) is 0 Å². The van der Waals surface area contributed by atoms with Crippen LogP contribution in [0.1, 0.15) is 25.7 Å². The molecule has 3 aliphatic rings. The van der Waals surface area contributed by atoms with Crippen molar-refractivity contribution < 1.29 is 9.84 Å². The molecule has 1 N–H and O–H groups in total. The average Bonchev–Trinajstić information content (AvgIpc) is 2.86. The van der Waals surface area contributed by atoms with E-state index in [1.54, 1.807) is 0 Å². The molecule has 86 valence electrons. The van der Waals surface area contributed by atoms with Crippen molar-refractivity contribution >= 4 is 0 Å². The monoisotopic (exact) mass is 211 g/mol. The molecule has 3 nitrogen and oxygen atoms in total. The van der Waals surface area contributed by atoms with Crippen molar-refractivity contribution in [2.45, 2.75) is 37.8 Å². The lowest BCUT2D eigenvalue weighted by Gasteiger charge is -2.29. The Bertz CT molecular complexity index is 228. The van der Waals surface area contributed by atoms with E-state index in [0.29, 0.717) is 12.0 Å². The van der Waals surface area contributed by atoms with Gasteiger partial charge in [-0.25, -0.2) is 0 Å². The molecular formula is C12H21NO2. The Morgan fingerprint density at radius 3 is 2.80 bits per heavy atom. The van der Waals surface area contributed by atoms with Crippen LogP contribution in [0, 0.1) is 11.8 Å². The quantitative estimate of drug-likeness (QED) is 0.698. The van der Waals surface area contributed by atoms with Gasteiger partial charge in [-0.2, -0.15) is 0 Å². The number of aliphatic hydroxyl groups is 1. The lowest BCUT2D eigenvalue weighted by atomic mass is 9.80. The van der Waals surface area contributed by atoms with Crippen LogP contribution < -0.4 is 0 Å². The van der Waals surface area contributed by atoms with E-state index in [4.69, 9.17) is 4.74 Å². The van der Waals surface area contributed by atoms with Crippen LogP contribution in [0.25, 0.3) is 0 Å². The largest absolute Gasteiger partial charge is 0.393 e. The van der Waals surface area contributed by atoms with Gasteiger partial charge in [0, 0.05) is 31.7 Å². The predicted molar refractivity (Wildman–Crippen MR) is 57.6 cm³/mol. The molecule has 3 rings (SSSR count). The molecular weight excluding hydrogens is 190 g/mol. The van der Waals surface area contributed by atoms with Crippen LogP contribution in [-0.2, 0) is 4.74 Å². The number of aliphatic hydroxyl groups excluding tert-OH is 1. The molecule has 2 aliphatic heterocycles. The molecule has 4 atom stereocenters. The van der Waals surface area contributed by atoms with Crippen LogP contribution >= 0.6 is 0 Å². The highest BCUT2D eigenvalue weighted by atomic mass is 16.5. The molecule has 15 heavy (non-hydrogen) atoms. The Kier molecular flexibility index (Phi) is 2.71. The van der Waals surface area contributed by atoms with E-state index >= 15 is 0 Å². The third-order valence-corrected chi connectivity index (χ3v) is 4.51. The molecule has 3 heteroatoms. The van der Waals surface area contributed by atoms with E-state index in [1.165, 1.54) is 25.8 Å². The molecule has 0 spiro atoms. The number of ether oxygens (including phenoxy) is 1. The zero-order chi connectivity index (χ0) is 10.3. The maximum Gasteiger partial charge on any atom is 0.0622 e. The first-order valence-electron chi connectivity index (χ1n) is 6.34. The Morgan fingerprint density at radius 2 is 2.07 bits per heavy atom. The van der Waals surface area contributed by atoms with Crippen molar-refractivity contribution in [1.82, 2.24) is 4.90 Å². The van der Waals surface area contributed by atoms with E-state index in [9.17, 15) is 5.11 Å². The zero-order valence-corrected chi connectivity index (χ0v) is 9.27. The fraction of sp³-hybridized carbons (Fsp3) is 1.00. The van der Waals surface area contributed by atoms with Crippen molar-refractivity contribution in [2.24, 2.45) is 11.8 Å². The molecule has 2 unspecified atom stereocenters. The summed E-state index contributed by atoms with van der Waals surface area (Å²) in [6.45, 7) is 4.16. The van der Waals surface area contributed by atoms with Gasteiger partial charge in [0.25, 0.3) is 0 Å². The maximum absolute atomic E-state index is 9.98. The van der Waals surface area contributed by atoms with Crippen molar-refractivity contribution in [3.8, 4) is 0 Å². The summed E-state index contributed by atoms with van der Waals surface area (Å²) >= 11 is 0. The number of nitrogens with zero attached hydrogens (tertiary/aromatic N) is 1. The Labute approximate surface area is 91.4 Å². The summed E-state index contributed by atoms with van der Waals surface area (Å²) in [5.74, 6) is 1.31. The molecule has 3 fully saturated rings. The summed E-state index contributed by atoms with van der Waals surface area (Å²) < 4.78 is 5.45. The Balaban J connectivity index is 1.65. The number of fused-ring (bicyclic) bond motifs is 1. The van der Waals surface area contributed by atoms with Crippen molar-refractivity contribution in [3.63, 3.8) is 0 Å². The summed E-state index contributed by atoms with van der Waals surface area (Å²) in [6, 6.07) is 0.641. The zero-order valence-electron chi connectivity index (χ0n) is 9.27. The predicted octanol–water partition coefficient (Wildman–Crippen LogP) is 0.868. The fourth-order valence-electron chi connectivity index (χ4n) is 3.58. The molecule has 2 saturated heterocycles. The molecule has 2 heterocycles. The summed E-state index contributed by atoms with van der Waals surface area (Å²) in [4.78, 5) is 2.57. The average molecular weight is 211 g/mol. The van der Waals surface area contributed by atoms with Gasteiger partial charge in [-0.1, -0.05) is 6.42 Å². The summed E-state index contributed by atoms with van der Waals surface area (Å²) in [6.07, 6.45) is 4.73. The number of rotatable bonds is 1. The summed E-state index contributed by atoms with van der Waals surface area (Å²) in [7, 11) is 0. The second-order valence-corrected chi connectivity index (χ2v) is 5.39. The van der Waals surface area contributed by atoms with Gasteiger partial charge in [0.05, 0.1) is 12.7 Å². The molecule has 0 aromatic carbocycles. The van der Waals surface area contributed by atoms with Gasteiger partial charge in [-0.05, 0) is 25.2 Å². The first kappa shape index (κ1) is 10.1. The number of likely N-dealkylation sites (tertiary alicyclic amines) is 1. The smallest absolute Gasteiger partial charge is 0.0622 e. The fourth-order valence-corrected chi connectivity index (χ4v) is 3.58. The first-order chi connectivity index (χ1) is 7.34. The molecule has 0 bridgehead atoms. The van der Waals surface area contributed by atoms with E-state index in [-0.39, 0.29) is 6.10 Å². The lowest BCUT2D eigenvalue weighted by molar-refractivity contribution is 0.0537. The van der Waals surface area contributed by atoms with E-state index < -0.39 is 0 Å². The normalized spacial score (nSPS) is 47.0. The summed E-state index contributed by atoms with van der Waals surface area (Å²) in [5.41, 5.74) is 0. The minimum absolute atomic E-state index is 0.0314.